The monoisotopic (exact) mass is 402 g/mol. The number of aromatic nitrogens is 4. The molecule has 0 aromatic carbocycles. The molecule has 3 aromatic heterocycles. The Balaban J connectivity index is 1.37. The summed E-state index contributed by atoms with van der Waals surface area (Å²) < 4.78 is 2.14. The SMILES string of the molecule is Cc1cc2n(n1)C1(CCN(Cc3ccccn3)CC1)CC(=O)N2Cc1ccncc1. The fourth-order valence-corrected chi connectivity index (χ4v) is 4.68. The second-order valence-corrected chi connectivity index (χ2v) is 8.39. The molecule has 3 aromatic rings. The summed E-state index contributed by atoms with van der Waals surface area (Å²) in [6.07, 6.45) is 7.72. The molecular weight excluding hydrogens is 376 g/mol. The number of piperidine rings is 1. The average molecular weight is 403 g/mol. The largest absolute Gasteiger partial charge is 0.297 e. The topological polar surface area (TPSA) is 67.2 Å². The molecule has 0 N–H and O–H groups in total. The van der Waals surface area contributed by atoms with Crippen LogP contribution in [0, 0.1) is 6.92 Å². The van der Waals surface area contributed by atoms with E-state index in [-0.39, 0.29) is 11.4 Å². The summed E-state index contributed by atoms with van der Waals surface area (Å²) in [6.45, 7) is 5.28. The van der Waals surface area contributed by atoms with Gasteiger partial charge in [0.2, 0.25) is 5.91 Å². The first-order valence-corrected chi connectivity index (χ1v) is 10.5. The number of rotatable bonds is 4. The van der Waals surface area contributed by atoms with Crippen LogP contribution in [0.15, 0.2) is 55.0 Å². The molecule has 1 spiro atoms. The molecule has 7 heteroatoms. The third-order valence-corrected chi connectivity index (χ3v) is 6.31. The molecule has 0 saturated carbocycles. The van der Waals surface area contributed by atoms with Crippen molar-refractivity contribution in [1.29, 1.82) is 0 Å². The number of likely N-dealkylation sites (tertiary alicyclic amines) is 1. The van der Waals surface area contributed by atoms with Crippen molar-refractivity contribution in [3.63, 3.8) is 0 Å². The van der Waals surface area contributed by atoms with E-state index in [1.54, 1.807) is 12.4 Å². The maximum atomic E-state index is 13.3. The minimum atomic E-state index is -0.226. The number of nitrogens with zero attached hydrogens (tertiary/aromatic N) is 6. The quantitative estimate of drug-likeness (QED) is 0.671. The van der Waals surface area contributed by atoms with Gasteiger partial charge in [-0.25, -0.2) is 4.68 Å². The maximum Gasteiger partial charge on any atom is 0.230 e. The Morgan fingerprint density at radius 3 is 2.57 bits per heavy atom. The van der Waals surface area contributed by atoms with Gasteiger partial charge in [-0.05, 0) is 49.6 Å². The van der Waals surface area contributed by atoms with Gasteiger partial charge in [-0.2, -0.15) is 5.10 Å². The van der Waals surface area contributed by atoms with E-state index in [9.17, 15) is 4.79 Å². The Labute approximate surface area is 176 Å². The maximum absolute atomic E-state index is 13.3. The van der Waals surface area contributed by atoms with Crippen molar-refractivity contribution in [3.8, 4) is 0 Å². The Bertz CT molecular complexity index is 1020. The number of anilines is 1. The van der Waals surface area contributed by atoms with Crippen molar-refractivity contribution >= 4 is 11.7 Å². The van der Waals surface area contributed by atoms with E-state index in [0.717, 1.165) is 55.2 Å². The summed E-state index contributed by atoms with van der Waals surface area (Å²) in [4.78, 5) is 26.1. The van der Waals surface area contributed by atoms with Crippen LogP contribution < -0.4 is 4.90 Å². The Morgan fingerprint density at radius 2 is 1.83 bits per heavy atom. The molecule has 1 saturated heterocycles. The van der Waals surface area contributed by atoms with Gasteiger partial charge in [-0.1, -0.05) is 6.07 Å². The van der Waals surface area contributed by atoms with E-state index < -0.39 is 0 Å². The lowest BCUT2D eigenvalue weighted by Gasteiger charge is -2.46. The van der Waals surface area contributed by atoms with E-state index in [0.29, 0.717) is 13.0 Å². The zero-order chi connectivity index (χ0) is 20.6. The van der Waals surface area contributed by atoms with Crippen LogP contribution in [0.3, 0.4) is 0 Å². The first-order valence-electron chi connectivity index (χ1n) is 10.5. The van der Waals surface area contributed by atoms with Gasteiger partial charge in [0, 0.05) is 44.3 Å². The van der Waals surface area contributed by atoms with Gasteiger partial charge in [-0.3, -0.25) is 24.6 Å². The highest BCUT2D eigenvalue weighted by molar-refractivity contribution is 5.94. The summed E-state index contributed by atoms with van der Waals surface area (Å²) in [7, 11) is 0. The van der Waals surface area contributed by atoms with Gasteiger partial charge in [0.15, 0.2) is 0 Å². The lowest BCUT2D eigenvalue weighted by molar-refractivity contribution is -0.123. The first-order chi connectivity index (χ1) is 14.6. The van der Waals surface area contributed by atoms with Crippen LogP contribution in [0.5, 0.6) is 0 Å². The zero-order valence-corrected chi connectivity index (χ0v) is 17.2. The minimum absolute atomic E-state index is 0.178. The average Bonchev–Trinajstić information content (AvgIpc) is 3.17. The van der Waals surface area contributed by atoms with Crippen LogP contribution in [0.25, 0.3) is 0 Å². The molecular formula is C23H26N6O. The van der Waals surface area contributed by atoms with Crippen LogP contribution in [0.4, 0.5) is 5.82 Å². The van der Waals surface area contributed by atoms with E-state index >= 15 is 0 Å². The molecule has 2 aliphatic rings. The van der Waals surface area contributed by atoms with Gasteiger partial charge in [0.1, 0.15) is 5.82 Å². The second-order valence-electron chi connectivity index (χ2n) is 8.39. The van der Waals surface area contributed by atoms with E-state index in [2.05, 4.69) is 25.6 Å². The van der Waals surface area contributed by atoms with Crippen molar-refractivity contribution < 1.29 is 4.79 Å². The zero-order valence-electron chi connectivity index (χ0n) is 17.2. The lowest BCUT2D eigenvalue weighted by atomic mass is 9.82. The Kier molecular flexibility index (Phi) is 4.83. The van der Waals surface area contributed by atoms with Gasteiger partial charge < -0.3 is 0 Å². The minimum Gasteiger partial charge on any atom is -0.297 e. The fourth-order valence-electron chi connectivity index (χ4n) is 4.68. The normalized spacial score (nSPS) is 18.6. The van der Waals surface area contributed by atoms with E-state index in [1.807, 2.05) is 48.4 Å². The number of pyridine rings is 2. The third-order valence-electron chi connectivity index (χ3n) is 6.31. The molecule has 0 bridgehead atoms. The van der Waals surface area contributed by atoms with Gasteiger partial charge in [0.05, 0.1) is 29.9 Å². The summed E-state index contributed by atoms with van der Waals surface area (Å²) >= 11 is 0. The summed E-state index contributed by atoms with van der Waals surface area (Å²) in [6, 6.07) is 12.0. The number of aryl methyl sites for hydroxylation is 1. The fraction of sp³-hybridized carbons (Fsp3) is 0.391. The molecule has 0 unspecified atom stereocenters. The molecule has 5 heterocycles. The van der Waals surface area contributed by atoms with Crippen LogP contribution >= 0.6 is 0 Å². The number of carbonyl (C=O) groups excluding carboxylic acids is 1. The second kappa shape index (κ2) is 7.65. The van der Waals surface area contributed by atoms with Crippen molar-refractivity contribution in [2.24, 2.45) is 0 Å². The molecule has 5 rings (SSSR count). The smallest absolute Gasteiger partial charge is 0.230 e. The molecule has 154 valence electrons. The lowest BCUT2D eigenvalue weighted by Crippen LogP contribution is -2.53. The molecule has 7 nitrogen and oxygen atoms in total. The molecule has 2 aliphatic heterocycles. The predicted molar refractivity (Wildman–Crippen MR) is 114 cm³/mol. The molecule has 1 amide bonds. The van der Waals surface area contributed by atoms with Crippen LogP contribution in [-0.4, -0.2) is 43.6 Å². The van der Waals surface area contributed by atoms with Crippen molar-refractivity contribution in [2.75, 3.05) is 18.0 Å². The first kappa shape index (κ1) is 18.9. The van der Waals surface area contributed by atoms with Crippen molar-refractivity contribution in [1.82, 2.24) is 24.6 Å². The Hall–Kier alpha value is -3.06. The molecule has 30 heavy (non-hydrogen) atoms. The van der Waals surface area contributed by atoms with Crippen LogP contribution in [-0.2, 0) is 23.4 Å². The van der Waals surface area contributed by atoms with Crippen LogP contribution in [0.2, 0.25) is 0 Å². The number of hydrogen-bond acceptors (Lipinski definition) is 5. The van der Waals surface area contributed by atoms with Gasteiger partial charge in [-0.15, -0.1) is 0 Å². The molecule has 1 fully saturated rings. The molecule has 0 atom stereocenters. The van der Waals surface area contributed by atoms with Crippen molar-refractivity contribution in [3.05, 3.63) is 71.9 Å². The van der Waals surface area contributed by atoms with Gasteiger partial charge >= 0.3 is 0 Å². The number of amides is 1. The summed E-state index contributed by atoms with van der Waals surface area (Å²) in [5, 5.41) is 4.84. The highest BCUT2D eigenvalue weighted by Crippen LogP contribution is 2.42. The highest BCUT2D eigenvalue weighted by atomic mass is 16.2. The Morgan fingerprint density at radius 1 is 1.03 bits per heavy atom. The van der Waals surface area contributed by atoms with Gasteiger partial charge in [0.25, 0.3) is 0 Å². The molecule has 0 aliphatic carbocycles. The summed E-state index contributed by atoms with van der Waals surface area (Å²) in [5.74, 6) is 1.09. The van der Waals surface area contributed by atoms with E-state index in [1.165, 1.54) is 0 Å². The van der Waals surface area contributed by atoms with Crippen LogP contribution in [0.1, 0.15) is 36.2 Å². The third kappa shape index (κ3) is 3.50. The summed E-state index contributed by atoms with van der Waals surface area (Å²) in [5.41, 5.74) is 2.89. The predicted octanol–water partition coefficient (Wildman–Crippen LogP) is 2.91. The highest BCUT2D eigenvalue weighted by Gasteiger charge is 2.46. The number of fused-ring (bicyclic) bond motifs is 2. The number of carbonyl (C=O) groups is 1. The van der Waals surface area contributed by atoms with Crippen molar-refractivity contribution in [2.45, 2.75) is 44.8 Å². The van der Waals surface area contributed by atoms with E-state index in [4.69, 9.17) is 5.10 Å². The number of hydrogen-bond donors (Lipinski definition) is 0. The molecule has 0 radical (unpaired) electrons. The standard InChI is InChI=1S/C23H26N6O/c1-18-14-21-28(16-19-5-10-24-11-6-19)22(30)15-23(29(21)26-18)7-12-27(13-8-23)17-20-4-2-3-9-25-20/h2-6,9-11,14H,7-8,12-13,15-17H2,1H3.